The second-order valence-corrected chi connectivity index (χ2v) is 7.32. The summed E-state index contributed by atoms with van der Waals surface area (Å²) in [7, 11) is 0. The fraction of sp³-hybridized carbons (Fsp3) is 0.350. The van der Waals surface area contributed by atoms with Gasteiger partial charge in [0.1, 0.15) is 5.75 Å². The summed E-state index contributed by atoms with van der Waals surface area (Å²) in [4.78, 5) is 16.1. The van der Waals surface area contributed by atoms with Crippen LogP contribution in [0, 0.1) is 0 Å². The molecule has 1 amide bonds. The van der Waals surface area contributed by atoms with E-state index in [-0.39, 0.29) is 5.91 Å². The first-order valence-electron chi connectivity index (χ1n) is 8.73. The number of carbonyl (C=O) groups excluding carboxylic acids is 1. The molecule has 1 N–H and O–H groups in total. The van der Waals surface area contributed by atoms with Gasteiger partial charge in [0.05, 0.1) is 24.5 Å². The van der Waals surface area contributed by atoms with Crippen molar-refractivity contribution in [2.24, 2.45) is 0 Å². The Bertz CT molecular complexity index is 735. The molecule has 2 aromatic rings. The molecule has 132 valence electrons. The number of hydrogen-bond donors (Lipinski definition) is 1. The highest BCUT2D eigenvalue weighted by Gasteiger charge is 2.25. The van der Waals surface area contributed by atoms with Crippen molar-refractivity contribution in [2.75, 3.05) is 29.9 Å². The van der Waals surface area contributed by atoms with Gasteiger partial charge in [-0.2, -0.15) is 0 Å². The minimum Gasteiger partial charge on any atom is -0.492 e. The summed E-state index contributed by atoms with van der Waals surface area (Å²) in [5.74, 6) is 0.683. The number of hydrogen-bond acceptors (Lipinski definition) is 4. The number of nitrogens with one attached hydrogen (secondary N) is 1. The number of carbonyl (C=O) groups is 1. The fourth-order valence-electron chi connectivity index (χ4n) is 2.96. The lowest BCUT2D eigenvalue weighted by molar-refractivity contribution is -0.115. The van der Waals surface area contributed by atoms with Gasteiger partial charge < -0.3 is 15.0 Å². The average molecular weight is 356 g/mol. The Hall–Kier alpha value is -2.14. The summed E-state index contributed by atoms with van der Waals surface area (Å²) in [5, 5.41) is 3.51. The molecule has 0 saturated heterocycles. The third-order valence-corrected chi connectivity index (χ3v) is 5.59. The van der Waals surface area contributed by atoms with E-state index in [1.165, 1.54) is 4.90 Å². The molecule has 0 spiro atoms. The SMILES string of the molecule is CCOc1ccccc1NC(=O)CN1C[C@@H](CC)Sc2ccccc21. The third kappa shape index (κ3) is 4.28. The number of para-hydroxylation sites is 3. The Balaban J connectivity index is 1.73. The van der Waals surface area contributed by atoms with E-state index in [4.69, 9.17) is 4.74 Å². The minimum absolute atomic E-state index is 0.0243. The Kier molecular flexibility index (Phi) is 5.87. The van der Waals surface area contributed by atoms with Gasteiger partial charge in [0.15, 0.2) is 0 Å². The molecule has 0 aromatic heterocycles. The number of rotatable bonds is 6. The van der Waals surface area contributed by atoms with Crippen molar-refractivity contribution in [2.45, 2.75) is 30.4 Å². The van der Waals surface area contributed by atoms with Crippen LogP contribution in [0.4, 0.5) is 11.4 Å². The van der Waals surface area contributed by atoms with Gasteiger partial charge in [0, 0.05) is 16.7 Å². The topological polar surface area (TPSA) is 41.6 Å². The van der Waals surface area contributed by atoms with E-state index in [2.05, 4.69) is 35.3 Å². The highest BCUT2D eigenvalue weighted by atomic mass is 32.2. The normalized spacial score (nSPS) is 16.2. The first-order chi connectivity index (χ1) is 12.2. The van der Waals surface area contributed by atoms with Crippen LogP contribution in [0.5, 0.6) is 5.75 Å². The molecule has 1 heterocycles. The quantitative estimate of drug-likeness (QED) is 0.832. The molecular weight excluding hydrogens is 332 g/mol. The highest BCUT2D eigenvalue weighted by Crippen LogP contribution is 2.39. The maximum Gasteiger partial charge on any atom is 0.243 e. The maximum absolute atomic E-state index is 12.6. The van der Waals surface area contributed by atoms with Crippen LogP contribution in [0.2, 0.25) is 0 Å². The van der Waals surface area contributed by atoms with Crippen LogP contribution >= 0.6 is 11.8 Å². The molecule has 0 fully saturated rings. The molecule has 1 aliphatic heterocycles. The maximum atomic E-state index is 12.6. The van der Waals surface area contributed by atoms with Gasteiger partial charge in [-0.05, 0) is 37.6 Å². The van der Waals surface area contributed by atoms with Gasteiger partial charge in [-0.3, -0.25) is 4.79 Å². The summed E-state index contributed by atoms with van der Waals surface area (Å²) in [6, 6.07) is 15.9. The molecule has 5 heteroatoms. The van der Waals surface area contributed by atoms with Crippen LogP contribution in [-0.4, -0.2) is 30.9 Å². The molecule has 2 aromatic carbocycles. The molecule has 1 aliphatic rings. The van der Waals surface area contributed by atoms with Crippen molar-refractivity contribution in [3.63, 3.8) is 0 Å². The summed E-state index contributed by atoms with van der Waals surface area (Å²) in [5.41, 5.74) is 1.87. The summed E-state index contributed by atoms with van der Waals surface area (Å²) >= 11 is 1.91. The number of fused-ring (bicyclic) bond motifs is 1. The Morgan fingerprint density at radius 2 is 1.96 bits per heavy atom. The van der Waals surface area contributed by atoms with Crippen molar-refractivity contribution in [1.82, 2.24) is 0 Å². The number of nitrogens with zero attached hydrogens (tertiary/aromatic N) is 1. The van der Waals surface area contributed by atoms with Gasteiger partial charge in [0.25, 0.3) is 0 Å². The molecule has 0 radical (unpaired) electrons. The Morgan fingerprint density at radius 1 is 1.20 bits per heavy atom. The summed E-state index contributed by atoms with van der Waals surface area (Å²) < 4.78 is 5.59. The molecule has 3 rings (SSSR count). The zero-order valence-electron chi connectivity index (χ0n) is 14.7. The zero-order valence-corrected chi connectivity index (χ0v) is 15.5. The summed E-state index contributed by atoms with van der Waals surface area (Å²) in [6.45, 7) is 5.93. The van der Waals surface area contributed by atoms with Crippen LogP contribution in [-0.2, 0) is 4.79 Å². The van der Waals surface area contributed by atoms with Gasteiger partial charge >= 0.3 is 0 Å². The Labute approximate surface area is 153 Å². The van der Waals surface area contributed by atoms with Gasteiger partial charge in [0.2, 0.25) is 5.91 Å². The lowest BCUT2D eigenvalue weighted by atomic mass is 10.2. The van der Waals surface area contributed by atoms with Gasteiger partial charge in [-0.15, -0.1) is 11.8 Å². The number of thioether (sulfide) groups is 1. The number of anilines is 2. The van der Waals surface area contributed by atoms with Crippen LogP contribution in [0.3, 0.4) is 0 Å². The molecular formula is C20H24N2O2S. The molecule has 25 heavy (non-hydrogen) atoms. The first kappa shape index (κ1) is 17.7. The molecule has 4 nitrogen and oxygen atoms in total. The van der Waals surface area contributed by atoms with Crippen molar-refractivity contribution in [1.29, 1.82) is 0 Å². The molecule has 0 bridgehead atoms. The van der Waals surface area contributed by atoms with E-state index < -0.39 is 0 Å². The van der Waals surface area contributed by atoms with E-state index in [9.17, 15) is 4.79 Å². The Morgan fingerprint density at radius 3 is 2.76 bits per heavy atom. The first-order valence-corrected chi connectivity index (χ1v) is 9.61. The smallest absolute Gasteiger partial charge is 0.243 e. The molecule has 0 saturated carbocycles. The average Bonchev–Trinajstić information content (AvgIpc) is 2.63. The predicted octanol–water partition coefficient (Wildman–Crippen LogP) is 4.41. The third-order valence-electron chi connectivity index (χ3n) is 4.17. The fourth-order valence-corrected chi connectivity index (χ4v) is 4.21. The van der Waals surface area contributed by atoms with Crippen molar-refractivity contribution >= 4 is 29.0 Å². The van der Waals surface area contributed by atoms with E-state index in [1.807, 2.05) is 49.0 Å². The van der Waals surface area contributed by atoms with E-state index in [0.717, 1.165) is 24.3 Å². The van der Waals surface area contributed by atoms with Crippen LogP contribution in [0.25, 0.3) is 0 Å². The number of ether oxygens (including phenoxy) is 1. The minimum atomic E-state index is -0.0243. The molecule has 0 unspecified atom stereocenters. The second kappa shape index (κ2) is 8.30. The highest BCUT2D eigenvalue weighted by molar-refractivity contribution is 8.00. The molecule has 0 aliphatic carbocycles. The summed E-state index contributed by atoms with van der Waals surface area (Å²) in [6.07, 6.45) is 1.09. The van der Waals surface area contributed by atoms with E-state index in [0.29, 0.717) is 24.2 Å². The number of benzene rings is 2. The predicted molar refractivity (Wildman–Crippen MR) is 105 cm³/mol. The second-order valence-electron chi connectivity index (χ2n) is 5.97. The molecule has 1 atom stereocenters. The largest absolute Gasteiger partial charge is 0.492 e. The van der Waals surface area contributed by atoms with E-state index in [1.54, 1.807) is 0 Å². The van der Waals surface area contributed by atoms with Crippen molar-refractivity contribution in [3.05, 3.63) is 48.5 Å². The van der Waals surface area contributed by atoms with Gasteiger partial charge in [-0.25, -0.2) is 0 Å². The monoisotopic (exact) mass is 356 g/mol. The lowest BCUT2D eigenvalue weighted by Gasteiger charge is -2.34. The van der Waals surface area contributed by atoms with Crippen LogP contribution < -0.4 is 15.0 Å². The lowest BCUT2D eigenvalue weighted by Crippen LogP contribution is -2.40. The van der Waals surface area contributed by atoms with Gasteiger partial charge in [-0.1, -0.05) is 31.2 Å². The van der Waals surface area contributed by atoms with Crippen LogP contribution in [0.15, 0.2) is 53.4 Å². The zero-order chi connectivity index (χ0) is 17.6. The van der Waals surface area contributed by atoms with Crippen molar-refractivity contribution < 1.29 is 9.53 Å². The number of amides is 1. The van der Waals surface area contributed by atoms with Crippen molar-refractivity contribution in [3.8, 4) is 5.75 Å². The van der Waals surface area contributed by atoms with E-state index >= 15 is 0 Å². The van der Waals surface area contributed by atoms with Crippen LogP contribution in [0.1, 0.15) is 20.3 Å². The standard InChI is InChI=1S/C20H24N2O2S/c1-3-15-13-22(17-10-6-8-12-19(17)25-15)14-20(23)21-16-9-5-7-11-18(16)24-4-2/h5-12,15H,3-4,13-14H2,1-2H3,(H,21,23)/t15-/m1/s1.